The number of carbonyl (C=O) groups excluding carboxylic acids is 1. The summed E-state index contributed by atoms with van der Waals surface area (Å²) >= 11 is 1.51. The molecule has 0 saturated carbocycles. The molecule has 7 nitrogen and oxygen atoms in total. The standard InChI is InChI=1S/C26H28N6OS/c1-16(33)28-25-29-21-13-12-20-22(17-7-6-14-27-15-17)30-32(23(20)24(21)34-25)19-10-8-18(9-11-19)26(2,3)31(4)5/h6-11,14-15H,12-13H2,1-5H3,(H,28,29,33). The van der Waals surface area contributed by atoms with E-state index in [-0.39, 0.29) is 11.4 Å². The Hall–Kier alpha value is -3.36. The maximum Gasteiger partial charge on any atom is 0.223 e. The van der Waals surface area contributed by atoms with E-state index in [1.807, 2.05) is 23.0 Å². The average Bonchev–Trinajstić information content (AvgIpc) is 3.40. The Morgan fingerprint density at radius 1 is 1.15 bits per heavy atom. The van der Waals surface area contributed by atoms with Gasteiger partial charge in [0.15, 0.2) is 5.13 Å². The second-order valence-corrected chi connectivity index (χ2v) is 10.3. The van der Waals surface area contributed by atoms with Crippen LogP contribution in [0.4, 0.5) is 5.13 Å². The predicted molar refractivity (Wildman–Crippen MR) is 136 cm³/mol. The molecule has 0 radical (unpaired) electrons. The van der Waals surface area contributed by atoms with Crippen molar-refractivity contribution in [2.75, 3.05) is 19.4 Å². The highest BCUT2D eigenvalue weighted by Gasteiger charge is 2.30. The predicted octanol–water partition coefficient (Wildman–Crippen LogP) is 4.91. The molecule has 3 aromatic heterocycles. The van der Waals surface area contributed by atoms with Crippen molar-refractivity contribution >= 4 is 22.4 Å². The van der Waals surface area contributed by atoms with Crippen LogP contribution in [0.25, 0.3) is 27.5 Å². The van der Waals surface area contributed by atoms with Crippen molar-refractivity contribution in [3.63, 3.8) is 0 Å². The Morgan fingerprint density at radius 3 is 2.56 bits per heavy atom. The first-order valence-electron chi connectivity index (χ1n) is 11.3. The summed E-state index contributed by atoms with van der Waals surface area (Å²) in [5.74, 6) is -0.116. The quantitative estimate of drug-likeness (QED) is 0.447. The van der Waals surface area contributed by atoms with Crippen LogP contribution in [0.3, 0.4) is 0 Å². The van der Waals surface area contributed by atoms with Crippen molar-refractivity contribution in [3.05, 3.63) is 65.6 Å². The van der Waals surface area contributed by atoms with Gasteiger partial charge in [-0.3, -0.25) is 9.78 Å². The van der Waals surface area contributed by atoms with Gasteiger partial charge in [-0.15, -0.1) is 0 Å². The number of aryl methyl sites for hydroxylation is 1. The van der Waals surface area contributed by atoms with Crippen LogP contribution < -0.4 is 5.32 Å². The van der Waals surface area contributed by atoms with Gasteiger partial charge in [0.25, 0.3) is 0 Å². The fourth-order valence-electron chi connectivity index (χ4n) is 4.26. The van der Waals surface area contributed by atoms with Gasteiger partial charge in [0.1, 0.15) is 0 Å². The molecule has 0 aliphatic heterocycles. The number of anilines is 1. The van der Waals surface area contributed by atoms with Crippen molar-refractivity contribution in [1.82, 2.24) is 24.6 Å². The van der Waals surface area contributed by atoms with E-state index in [4.69, 9.17) is 10.1 Å². The minimum Gasteiger partial charge on any atom is -0.302 e. The summed E-state index contributed by atoms with van der Waals surface area (Å²) in [6, 6.07) is 12.6. The Bertz CT molecular complexity index is 1350. The lowest BCUT2D eigenvalue weighted by Gasteiger charge is -2.33. The highest BCUT2D eigenvalue weighted by atomic mass is 32.1. The number of hydrogen-bond donors (Lipinski definition) is 1. The largest absolute Gasteiger partial charge is 0.302 e. The Balaban J connectivity index is 1.67. The van der Waals surface area contributed by atoms with E-state index >= 15 is 0 Å². The molecule has 0 fully saturated rings. The monoisotopic (exact) mass is 472 g/mol. The molecule has 0 atom stereocenters. The minimum absolute atomic E-state index is 0.0823. The maximum atomic E-state index is 11.6. The third-order valence-electron chi connectivity index (χ3n) is 6.66. The second kappa shape index (κ2) is 8.45. The van der Waals surface area contributed by atoms with Crippen LogP contribution in [0.2, 0.25) is 0 Å². The van der Waals surface area contributed by atoms with Gasteiger partial charge in [0, 0.05) is 36.0 Å². The van der Waals surface area contributed by atoms with E-state index < -0.39 is 0 Å². The van der Waals surface area contributed by atoms with Gasteiger partial charge in [0.2, 0.25) is 5.91 Å². The Kier molecular flexibility index (Phi) is 5.58. The fraction of sp³-hybridized carbons (Fsp3) is 0.308. The SMILES string of the molecule is CC(=O)Nc1nc2c(s1)-c1c(c(-c3cccnc3)nn1-c1ccc(C(C)(C)N(C)C)cc1)CC2. The van der Waals surface area contributed by atoms with Crippen molar-refractivity contribution in [2.24, 2.45) is 0 Å². The normalized spacial score (nSPS) is 13.0. The van der Waals surface area contributed by atoms with Crippen molar-refractivity contribution in [3.8, 4) is 27.5 Å². The van der Waals surface area contributed by atoms with Crippen LogP contribution in [0.15, 0.2) is 48.8 Å². The van der Waals surface area contributed by atoms with Gasteiger partial charge >= 0.3 is 0 Å². The smallest absolute Gasteiger partial charge is 0.223 e. The molecule has 8 heteroatoms. The Morgan fingerprint density at radius 2 is 1.91 bits per heavy atom. The molecule has 1 N–H and O–H groups in total. The maximum absolute atomic E-state index is 11.6. The van der Waals surface area contributed by atoms with Gasteiger partial charge in [-0.25, -0.2) is 9.67 Å². The van der Waals surface area contributed by atoms with Gasteiger partial charge in [-0.2, -0.15) is 5.10 Å². The minimum atomic E-state index is -0.116. The highest BCUT2D eigenvalue weighted by Crippen LogP contribution is 2.44. The molecule has 1 amide bonds. The second-order valence-electron chi connectivity index (χ2n) is 9.31. The van der Waals surface area contributed by atoms with E-state index in [0.717, 1.165) is 46.1 Å². The summed E-state index contributed by atoms with van der Waals surface area (Å²) in [6.45, 7) is 5.93. The molecule has 0 bridgehead atoms. The fourth-order valence-corrected chi connectivity index (χ4v) is 5.38. The molecule has 0 unspecified atom stereocenters. The summed E-state index contributed by atoms with van der Waals surface area (Å²) in [5, 5.41) is 8.56. The number of nitrogens with zero attached hydrogens (tertiary/aromatic N) is 5. The van der Waals surface area contributed by atoms with Crippen LogP contribution >= 0.6 is 11.3 Å². The molecular weight excluding hydrogens is 444 g/mol. The molecule has 0 saturated heterocycles. The molecular formula is C26H28N6OS. The zero-order valence-corrected chi connectivity index (χ0v) is 20.9. The lowest BCUT2D eigenvalue weighted by atomic mass is 9.93. The number of carbonyl (C=O) groups is 1. The topological polar surface area (TPSA) is 75.9 Å². The molecule has 1 aliphatic rings. The molecule has 3 heterocycles. The number of amides is 1. The highest BCUT2D eigenvalue weighted by molar-refractivity contribution is 7.19. The zero-order valence-electron chi connectivity index (χ0n) is 20.1. The average molecular weight is 473 g/mol. The number of benzene rings is 1. The summed E-state index contributed by atoms with van der Waals surface area (Å²) in [4.78, 5) is 23.9. The van der Waals surface area contributed by atoms with E-state index in [9.17, 15) is 4.79 Å². The van der Waals surface area contributed by atoms with Gasteiger partial charge in [-0.05, 0) is 70.6 Å². The first-order valence-corrected chi connectivity index (χ1v) is 12.2. The number of pyridine rings is 1. The molecule has 34 heavy (non-hydrogen) atoms. The third-order valence-corrected chi connectivity index (χ3v) is 7.68. The van der Waals surface area contributed by atoms with Gasteiger partial charge in [0.05, 0.1) is 27.6 Å². The van der Waals surface area contributed by atoms with Crippen LogP contribution in [0.5, 0.6) is 0 Å². The summed E-state index contributed by atoms with van der Waals surface area (Å²) in [7, 11) is 4.19. The van der Waals surface area contributed by atoms with Crippen molar-refractivity contribution in [2.45, 2.75) is 39.2 Å². The molecule has 174 valence electrons. The van der Waals surface area contributed by atoms with E-state index in [0.29, 0.717) is 5.13 Å². The van der Waals surface area contributed by atoms with Gasteiger partial charge < -0.3 is 10.2 Å². The molecule has 0 spiro atoms. The lowest BCUT2D eigenvalue weighted by Crippen LogP contribution is -2.35. The molecule has 5 rings (SSSR count). The van der Waals surface area contributed by atoms with Gasteiger partial charge in [-0.1, -0.05) is 23.5 Å². The molecule has 4 aromatic rings. The van der Waals surface area contributed by atoms with Crippen LogP contribution in [-0.2, 0) is 23.2 Å². The van der Waals surface area contributed by atoms with E-state index in [1.165, 1.54) is 29.4 Å². The number of nitrogens with one attached hydrogen (secondary N) is 1. The van der Waals surface area contributed by atoms with Crippen LogP contribution in [0, 0.1) is 0 Å². The van der Waals surface area contributed by atoms with Crippen molar-refractivity contribution in [1.29, 1.82) is 0 Å². The summed E-state index contributed by atoms with van der Waals surface area (Å²) < 4.78 is 2.03. The molecule has 1 aliphatic carbocycles. The lowest BCUT2D eigenvalue weighted by molar-refractivity contribution is -0.114. The number of aromatic nitrogens is 4. The van der Waals surface area contributed by atoms with Crippen LogP contribution in [0.1, 0.15) is 37.6 Å². The number of thiazole rings is 1. The van der Waals surface area contributed by atoms with E-state index in [1.54, 1.807) is 6.20 Å². The van der Waals surface area contributed by atoms with E-state index in [2.05, 4.69) is 67.4 Å². The summed E-state index contributed by atoms with van der Waals surface area (Å²) in [5.41, 5.74) is 7.34. The first-order chi connectivity index (χ1) is 16.3. The third kappa shape index (κ3) is 3.82. The number of rotatable bonds is 5. The molecule has 1 aromatic carbocycles. The van der Waals surface area contributed by atoms with Crippen molar-refractivity contribution < 1.29 is 4.79 Å². The zero-order chi connectivity index (χ0) is 24.0. The Labute approximate surface area is 203 Å². The van der Waals surface area contributed by atoms with Crippen LogP contribution in [-0.4, -0.2) is 44.7 Å². The first kappa shape index (κ1) is 22.4. The summed E-state index contributed by atoms with van der Waals surface area (Å²) in [6.07, 6.45) is 5.29. The number of hydrogen-bond acceptors (Lipinski definition) is 6. The number of fused-ring (bicyclic) bond motifs is 3.